The van der Waals surface area contributed by atoms with E-state index in [4.69, 9.17) is 0 Å². The Morgan fingerprint density at radius 3 is 2.21 bits per heavy atom. The lowest BCUT2D eigenvalue weighted by atomic mass is 10.0. The molecule has 0 aliphatic carbocycles. The third-order valence-electron chi connectivity index (χ3n) is 3.24. The maximum atomic E-state index is 12.9. The number of rotatable bonds is 4. The molecular weight excluding hydrogens is 305 g/mol. The second-order valence-electron chi connectivity index (χ2n) is 4.68. The van der Waals surface area contributed by atoms with Crippen molar-refractivity contribution in [1.29, 1.82) is 0 Å². The van der Waals surface area contributed by atoms with Gasteiger partial charge in [-0.2, -0.15) is 0 Å². The second kappa shape index (κ2) is 6.31. The van der Waals surface area contributed by atoms with E-state index in [0.717, 1.165) is 10.0 Å². The summed E-state index contributed by atoms with van der Waals surface area (Å²) in [4.78, 5) is 0. The van der Waals surface area contributed by atoms with Gasteiger partial charge in [0.1, 0.15) is 5.82 Å². The lowest BCUT2D eigenvalue weighted by molar-refractivity contribution is 0.492. The summed E-state index contributed by atoms with van der Waals surface area (Å²) in [5.41, 5.74) is 2.30. The molecule has 0 radical (unpaired) electrons. The number of nitrogens with one attached hydrogen (secondary N) is 1. The Morgan fingerprint density at radius 1 is 0.947 bits per heavy atom. The van der Waals surface area contributed by atoms with Crippen molar-refractivity contribution in [1.82, 2.24) is 5.32 Å². The van der Waals surface area contributed by atoms with Crippen LogP contribution in [0.3, 0.4) is 0 Å². The largest absolute Gasteiger partial charge is 0.304 e. The van der Waals surface area contributed by atoms with E-state index in [1.54, 1.807) is 0 Å². The summed E-state index contributed by atoms with van der Waals surface area (Å²) in [7, 11) is 0. The molecule has 2 aromatic carbocycles. The number of hydrogen-bond acceptors (Lipinski definition) is 1. The van der Waals surface area contributed by atoms with Crippen molar-refractivity contribution in [3.05, 3.63) is 69.9 Å². The summed E-state index contributed by atoms with van der Waals surface area (Å²) < 4.78 is 14.0. The van der Waals surface area contributed by atoms with Gasteiger partial charge in [0.25, 0.3) is 0 Å². The highest BCUT2D eigenvalue weighted by Crippen LogP contribution is 2.25. The molecule has 0 fully saturated rings. The Morgan fingerprint density at radius 2 is 1.58 bits per heavy atom. The van der Waals surface area contributed by atoms with E-state index in [1.165, 1.54) is 17.7 Å². The van der Waals surface area contributed by atoms with Crippen LogP contribution in [0.15, 0.2) is 53.0 Å². The van der Waals surface area contributed by atoms with E-state index in [9.17, 15) is 4.39 Å². The van der Waals surface area contributed by atoms with Crippen molar-refractivity contribution < 1.29 is 4.39 Å². The van der Waals surface area contributed by atoms with Crippen LogP contribution in [0, 0.1) is 5.82 Å². The van der Waals surface area contributed by atoms with Crippen LogP contribution in [0.5, 0.6) is 0 Å². The lowest BCUT2D eigenvalue weighted by Gasteiger charge is -2.21. The minimum absolute atomic E-state index is 0.169. The average Bonchev–Trinajstić information content (AvgIpc) is 2.39. The first kappa shape index (κ1) is 14.2. The fourth-order valence-electron chi connectivity index (χ4n) is 2.14. The zero-order valence-electron chi connectivity index (χ0n) is 11.0. The van der Waals surface area contributed by atoms with Gasteiger partial charge in [0.15, 0.2) is 0 Å². The Bertz CT molecular complexity index is 539. The highest BCUT2D eigenvalue weighted by atomic mass is 79.9. The molecule has 2 aromatic rings. The predicted octanol–water partition coefficient (Wildman–Crippen LogP) is 5.00. The monoisotopic (exact) mass is 321 g/mol. The molecule has 2 rings (SSSR count). The Labute approximate surface area is 122 Å². The van der Waals surface area contributed by atoms with Crippen LogP contribution in [-0.4, -0.2) is 0 Å². The fourth-order valence-corrected chi connectivity index (χ4v) is 2.77. The molecule has 0 saturated heterocycles. The molecule has 100 valence electrons. The van der Waals surface area contributed by atoms with Gasteiger partial charge in [-0.25, -0.2) is 4.39 Å². The number of halogens is 2. The van der Waals surface area contributed by atoms with Crippen LogP contribution in [-0.2, 0) is 0 Å². The van der Waals surface area contributed by atoms with E-state index in [-0.39, 0.29) is 17.9 Å². The van der Waals surface area contributed by atoms with Gasteiger partial charge in [0, 0.05) is 16.6 Å². The normalized spacial score (nSPS) is 14.1. The van der Waals surface area contributed by atoms with Crippen molar-refractivity contribution in [2.45, 2.75) is 25.9 Å². The second-order valence-corrected chi connectivity index (χ2v) is 5.54. The molecule has 0 spiro atoms. The van der Waals surface area contributed by atoms with Crippen LogP contribution in [0.25, 0.3) is 0 Å². The molecular formula is C16H17BrFN. The third-order valence-corrected chi connectivity index (χ3v) is 3.96. The Kier molecular flexibility index (Phi) is 4.72. The summed E-state index contributed by atoms with van der Waals surface area (Å²) in [6.07, 6.45) is 0. The molecule has 19 heavy (non-hydrogen) atoms. The Hall–Kier alpha value is -1.19. The van der Waals surface area contributed by atoms with Crippen LogP contribution >= 0.6 is 15.9 Å². The standard InChI is InChI=1S/C16H17BrFN/c1-11(13-7-9-14(18)10-8-13)19-12(2)15-5-3-4-6-16(15)17/h3-12,19H,1-2H3/t11-,12?/m1/s1. The highest BCUT2D eigenvalue weighted by molar-refractivity contribution is 9.10. The maximum absolute atomic E-state index is 12.9. The van der Waals surface area contributed by atoms with Crippen molar-refractivity contribution in [2.75, 3.05) is 0 Å². The summed E-state index contributed by atoms with van der Waals surface area (Å²) in [6.45, 7) is 4.21. The summed E-state index contributed by atoms with van der Waals surface area (Å²) in [6, 6.07) is 15.2. The van der Waals surface area contributed by atoms with Crippen molar-refractivity contribution >= 4 is 15.9 Å². The maximum Gasteiger partial charge on any atom is 0.123 e. The smallest absolute Gasteiger partial charge is 0.123 e. The van der Waals surface area contributed by atoms with E-state index in [1.807, 2.05) is 30.3 Å². The fraction of sp³-hybridized carbons (Fsp3) is 0.250. The van der Waals surface area contributed by atoms with Gasteiger partial charge in [-0.3, -0.25) is 0 Å². The average molecular weight is 322 g/mol. The van der Waals surface area contributed by atoms with E-state index in [0.29, 0.717) is 0 Å². The van der Waals surface area contributed by atoms with Crippen molar-refractivity contribution in [3.8, 4) is 0 Å². The summed E-state index contributed by atoms with van der Waals surface area (Å²) in [5.74, 6) is -0.199. The van der Waals surface area contributed by atoms with Crippen LogP contribution < -0.4 is 5.32 Å². The topological polar surface area (TPSA) is 12.0 Å². The van der Waals surface area contributed by atoms with Crippen LogP contribution in [0.1, 0.15) is 37.1 Å². The van der Waals surface area contributed by atoms with Crippen LogP contribution in [0.2, 0.25) is 0 Å². The predicted molar refractivity (Wildman–Crippen MR) is 80.5 cm³/mol. The first-order chi connectivity index (χ1) is 9.08. The number of benzene rings is 2. The molecule has 3 heteroatoms. The highest BCUT2D eigenvalue weighted by Gasteiger charge is 2.13. The van der Waals surface area contributed by atoms with Crippen molar-refractivity contribution in [3.63, 3.8) is 0 Å². The molecule has 0 aliphatic rings. The summed E-state index contributed by atoms with van der Waals surface area (Å²) in [5, 5.41) is 3.52. The van der Waals surface area contributed by atoms with Gasteiger partial charge in [0.2, 0.25) is 0 Å². The zero-order valence-corrected chi connectivity index (χ0v) is 12.6. The minimum atomic E-state index is -0.199. The van der Waals surface area contributed by atoms with Gasteiger partial charge in [-0.05, 0) is 43.2 Å². The Balaban J connectivity index is 2.08. The molecule has 0 saturated carbocycles. The summed E-state index contributed by atoms with van der Waals surface area (Å²) >= 11 is 3.56. The quantitative estimate of drug-likeness (QED) is 0.835. The number of hydrogen-bond donors (Lipinski definition) is 1. The molecule has 2 atom stereocenters. The molecule has 0 bridgehead atoms. The minimum Gasteiger partial charge on any atom is -0.304 e. The van der Waals surface area contributed by atoms with Gasteiger partial charge in [-0.15, -0.1) is 0 Å². The van der Waals surface area contributed by atoms with E-state index in [2.05, 4.69) is 41.2 Å². The van der Waals surface area contributed by atoms with Gasteiger partial charge in [0.05, 0.1) is 0 Å². The van der Waals surface area contributed by atoms with E-state index < -0.39 is 0 Å². The van der Waals surface area contributed by atoms with Gasteiger partial charge in [-0.1, -0.05) is 46.3 Å². The van der Waals surface area contributed by atoms with Gasteiger partial charge < -0.3 is 5.32 Å². The lowest BCUT2D eigenvalue weighted by Crippen LogP contribution is -2.22. The molecule has 1 nitrogen and oxygen atoms in total. The zero-order chi connectivity index (χ0) is 13.8. The van der Waals surface area contributed by atoms with E-state index >= 15 is 0 Å². The molecule has 0 aliphatic heterocycles. The molecule has 0 aromatic heterocycles. The first-order valence-electron chi connectivity index (χ1n) is 6.34. The third kappa shape index (κ3) is 3.64. The van der Waals surface area contributed by atoms with Gasteiger partial charge >= 0.3 is 0 Å². The first-order valence-corrected chi connectivity index (χ1v) is 7.13. The molecule has 0 heterocycles. The SMILES string of the molecule is CC(N[C@H](C)c1ccc(F)cc1)c1ccccc1Br. The van der Waals surface area contributed by atoms with Crippen LogP contribution in [0.4, 0.5) is 4.39 Å². The van der Waals surface area contributed by atoms with Crippen molar-refractivity contribution in [2.24, 2.45) is 0 Å². The molecule has 0 amide bonds. The molecule has 1 unspecified atom stereocenters. The molecule has 1 N–H and O–H groups in total.